The molecule has 1 aromatic rings. The summed E-state index contributed by atoms with van der Waals surface area (Å²) in [4.78, 5) is 25.5. The molecule has 3 aliphatic rings. The van der Waals surface area contributed by atoms with E-state index in [9.17, 15) is 9.59 Å². The van der Waals surface area contributed by atoms with Crippen LogP contribution in [0.2, 0.25) is 18.6 Å². The summed E-state index contributed by atoms with van der Waals surface area (Å²) in [6.07, 6.45) is 6.09. The number of hydrogen-bond acceptors (Lipinski definition) is 3. The van der Waals surface area contributed by atoms with Crippen molar-refractivity contribution in [2.24, 2.45) is 29.6 Å². The molecule has 0 amide bonds. The highest BCUT2D eigenvalue weighted by atomic mass is 28.3. The summed E-state index contributed by atoms with van der Waals surface area (Å²) in [5.41, 5.74) is 0.378. The summed E-state index contributed by atoms with van der Waals surface area (Å²) in [5, 5.41) is 1.42. The van der Waals surface area contributed by atoms with Crippen LogP contribution in [0.3, 0.4) is 0 Å². The molecule has 4 rings (SSSR count). The number of carbonyl (C=O) groups is 2. The van der Waals surface area contributed by atoms with E-state index in [2.05, 4.69) is 55.6 Å². The van der Waals surface area contributed by atoms with E-state index in [4.69, 9.17) is 4.74 Å². The number of hydrogen-bond donors (Lipinski definition) is 0. The largest absolute Gasteiger partial charge is 0.466 e. The van der Waals surface area contributed by atoms with Crippen molar-refractivity contribution in [3.63, 3.8) is 0 Å². The third-order valence-electron chi connectivity index (χ3n) is 7.16. The summed E-state index contributed by atoms with van der Waals surface area (Å²) in [6, 6.07) is 10.7. The van der Waals surface area contributed by atoms with Crippen molar-refractivity contribution in [1.29, 1.82) is 0 Å². The van der Waals surface area contributed by atoms with E-state index in [1.54, 1.807) is 0 Å². The Bertz CT molecular complexity index is 739. The minimum Gasteiger partial charge on any atom is -0.466 e. The Morgan fingerprint density at radius 1 is 1.19 bits per heavy atom. The van der Waals surface area contributed by atoms with Crippen LogP contribution in [0.4, 0.5) is 0 Å². The highest BCUT2D eigenvalue weighted by molar-refractivity contribution is 6.91. The number of benzene rings is 1. The molecule has 3 nitrogen and oxygen atoms in total. The summed E-state index contributed by atoms with van der Waals surface area (Å²) in [6.45, 7) is 7.08. The standard InChI is InChI=1S/C22H28O3Si/c1-4-25-22(24)21-16-10-12-17(23)19(16)15-11-13-18(20(15)21)26(2,3)14-8-6-5-7-9-14/h5-9,11,13,15-16,18-21H,4,10,12H2,1-3H3/t15?,16?,18-,19?,20-,21?/m0/s1. The van der Waals surface area contributed by atoms with Gasteiger partial charge in [0.2, 0.25) is 0 Å². The molecule has 138 valence electrons. The van der Waals surface area contributed by atoms with Crippen LogP contribution in [0.25, 0.3) is 0 Å². The maximum absolute atomic E-state index is 12.9. The van der Waals surface area contributed by atoms with Gasteiger partial charge in [-0.1, -0.05) is 60.8 Å². The molecule has 0 N–H and O–H groups in total. The third-order valence-corrected chi connectivity index (χ3v) is 11.2. The number of allylic oxidation sites excluding steroid dienone is 2. The maximum Gasteiger partial charge on any atom is 0.309 e. The average molecular weight is 369 g/mol. The predicted molar refractivity (Wildman–Crippen MR) is 105 cm³/mol. The molecule has 26 heavy (non-hydrogen) atoms. The second kappa shape index (κ2) is 6.49. The molecule has 0 bridgehead atoms. The zero-order chi connectivity index (χ0) is 18.5. The quantitative estimate of drug-likeness (QED) is 0.464. The van der Waals surface area contributed by atoms with Gasteiger partial charge in [-0.15, -0.1) is 0 Å². The van der Waals surface area contributed by atoms with Crippen LogP contribution in [-0.4, -0.2) is 26.4 Å². The van der Waals surface area contributed by atoms with Gasteiger partial charge in [0.1, 0.15) is 5.78 Å². The van der Waals surface area contributed by atoms with E-state index in [1.807, 2.05) is 6.92 Å². The van der Waals surface area contributed by atoms with Crippen molar-refractivity contribution in [1.82, 2.24) is 0 Å². The predicted octanol–water partition coefficient (Wildman–Crippen LogP) is 3.56. The minimum atomic E-state index is -1.82. The molecule has 1 aromatic carbocycles. The molecule has 6 atom stereocenters. The average Bonchev–Trinajstić information content (AvgIpc) is 3.28. The first-order valence-electron chi connectivity index (χ1n) is 9.90. The Kier molecular flexibility index (Phi) is 4.42. The van der Waals surface area contributed by atoms with Gasteiger partial charge >= 0.3 is 5.97 Å². The van der Waals surface area contributed by atoms with E-state index >= 15 is 0 Å². The highest BCUT2D eigenvalue weighted by Gasteiger charge is 2.62. The Morgan fingerprint density at radius 2 is 1.92 bits per heavy atom. The molecule has 0 radical (unpaired) electrons. The molecule has 4 unspecified atom stereocenters. The number of Topliss-reactive ketones (excluding diaryl/α,β-unsaturated/α-hetero) is 1. The van der Waals surface area contributed by atoms with Gasteiger partial charge < -0.3 is 4.74 Å². The van der Waals surface area contributed by atoms with Gasteiger partial charge in [0.05, 0.1) is 20.6 Å². The molecule has 0 aliphatic heterocycles. The molecule has 2 fully saturated rings. The molecule has 2 saturated carbocycles. The van der Waals surface area contributed by atoms with E-state index in [-0.39, 0.29) is 35.6 Å². The fourth-order valence-electron chi connectivity index (χ4n) is 6.00. The lowest BCUT2D eigenvalue weighted by atomic mass is 9.86. The van der Waals surface area contributed by atoms with Crippen LogP contribution in [0, 0.1) is 29.6 Å². The van der Waals surface area contributed by atoms with Crippen molar-refractivity contribution in [3.05, 3.63) is 42.5 Å². The topological polar surface area (TPSA) is 43.4 Å². The van der Waals surface area contributed by atoms with Gasteiger partial charge in [-0.3, -0.25) is 9.59 Å². The minimum absolute atomic E-state index is 0.0382. The van der Waals surface area contributed by atoms with Crippen LogP contribution in [0.15, 0.2) is 42.5 Å². The van der Waals surface area contributed by atoms with Gasteiger partial charge in [0.25, 0.3) is 0 Å². The van der Waals surface area contributed by atoms with E-state index in [0.717, 1.165) is 6.42 Å². The molecular weight excluding hydrogens is 340 g/mol. The van der Waals surface area contributed by atoms with Crippen molar-refractivity contribution in [2.75, 3.05) is 6.61 Å². The first-order valence-corrected chi connectivity index (χ1v) is 13.0. The van der Waals surface area contributed by atoms with E-state index in [0.29, 0.717) is 24.4 Å². The van der Waals surface area contributed by atoms with Crippen LogP contribution in [-0.2, 0) is 14.3 Å². The fourth-order valence-corrected chi connectivity index (χ4v) is 9.42. The number of carbonyl (C=O) groups excluding carboxylic acids is 2. The first kappa shape index (κ1) is 17.7. The van der Waals surface area contributed by atoms with Crippen LogP contribution in [0.5, 0.6) is 0 Å². The van der Waals surface area contributed by atoms with E-state index in [1.165, 1.54) is 5.19 Å². The lowest BCUT2D eigenvalue weighted by Crippen LogP contribution is -2.49. The molecule has 0 aromatic heterocycles. The lowest BCUT2D eigenvalue weighted by Gasteiger charge is -2.37. The summed E-state index contributed by atoms with van der Waals surface area (Å²) >= 11 is 0. The second-order valence-electron chi connectivity index (χ2n) is 8.63. The number of ether oxygens (including phenoxy) is 1. The Morgan fingerprint density at radius 3 is 2.62 bits per heavy atom. The number of ketones is 1. The van der Waals surface area contributed by atoms with E-state index < -0.39 is 8.07 Å². The van der Waals surface area contributed by atoms with Gasteiger partial charge in [0, 0.05) is 12.3 Å². The summed E-state index contributed by atoms with van der Waals surface area (Å²) in [7, 11) is -1.82. The number of fused-ring (bicyclic) bond motifs is 3. The van der Waals surface area contributed by atoms with Crippen molar-refractivity contribution in [2.45, 2.75) is 38.4 Å². The monoisotopic (exact) mass is 368 g/mol. The van der Waals surface area contributed by atoms with Gasteiger partial charge in [-0.2, -0.15) is 0 Å². The lowest BCUT2D eigenvalue weighted by molar-refractivity contribution is -0.151. The van der Waals surface area contributed by atoms with Crippen molar-refractivity contribution < 1.29 is 14.3 Å². The van der Waals surface area contributed by atoms with Crippen LogP contribution >= 0.6 is 0 Å². The molecular formula is C22H28O3Si. The highest BCUT2D eigenvalue weighted by Crippen LogP contribution is 2.61. The molecule has 0 saturated heterocycles. The first-order chi connectivity index (χ1) is 12.5. The van der Waals surface area contributed by atoms with Crippen molar-refractivity contribution >= 4 is 25.0 Å². The second-order valence-corrected chi connectivity index (χ2v) is 13.3. The van der Waals surface area contributed by atoms with Crippen LogP contribution < -0.4 is 5.19 Å². The normalized spacial score (nSPS) is 35.4. The zero-order valence-corrected chi connectivity index (χ0v) is 16.9. The van der Waals surface area contributed by atoms with Gasteiger partial charge in [-0.25, -0.2) is 0 Å². The smallest absolute Gasteiger partial charge is 0.309 e. The Hall–Kier alpha value is -1.68. The molecule has 0 heterocycles. The Balaban J connectivity index is 1.72. The zero-order valence-electron chi connectivity index (χ0n) is 15.9. The third kappa shape index (κ3) is 2.53. The Labute approximate surface area is 156 Å². The molecule has 4 heteroatoms. The number of esters is 1. The molecule has 0 spiro atoms. The van der Waals surface area contributed by atoms with Crippen molar-refractivity contribution in [3.8, 4) is 0 Å². The van der Waals surface area contributed by atoms with Crippen LogP contribution in [0.1, 0.15) is 19.8 Å². The SMILES string of the molecule is CCOC(=O)C1C2CCC(=O)C2C2C=C[C@H]([Si](C)(C)c3ccccc3)[C@H]21. The number of rotatable bonds is 4. The summed E-state index contributed by atoms with van der Waals surface area (Å²) < 4.78 is 5.48. The summed E-state index contributed by atoms with van der Waals surface area (Å²) in [5.74, 6) is 0.852. The van der Waals surface area contributed by atoms with Gasteiger partial charge in [-0.05, 0) is 36.6 Å². The van der Waals surface area contributed by atoms with Gasteiger partial charge in [0.15, 0.2) is 0 Å². The fraction of sp³-hybridized carbons (Fsp3) is 0.545. The maximum atomic E-state index is 12.9. The molecule has 3 aliphatic carbocycles.